The molecule has 11 heteroatoms. The highest BCUT2D eigenvalue weighted by Crippen LogP contribution is 2.36. The third-order valence-corrected chi connectivity index (χ3v) is 8.05. The Morgan fingerprint density at radius 1 is 1.05 bits per heavy atom. The smallest absolute Gasteiger partial charge is 0.372 e. The number of hydrogen-bond donors (Lipinski definition) is 1. The third-order valence-electron chi connectivity index (χ3n) is 7.32. The molecule has 0 spiro atoms. The van der Waals surface area contributed by atoms with Gasteiger partial charge in [-0.05, 0) is 66.8 Å². The molecule has 37 heavy (non-hydrogen) atoms. The van der Waals surface area contributed by atoms with Gasteiger partial charge in [0.15, 0.2) is 0 Å². The first-order valence-corrected chi connectivity index (χ1v) is 13.5. The van der Waals surface area contributed by atoms with Gasteiger partial charge in [0.2, 0.25) is 0 Å². The lowest BCUT2D eigenvalue weighted by molar-refractivity contribution is -0.137. The molecule has 2 aromatic heterocycles. The Morgan fingerprint density at radius 2 is 1.81 bits per heavy atom. The summed E-state index contributed by atoms with van der Waals surface area (Å²) in [7, 11) is 1.83. The van der Waals surface area contributed by atoms with E-state index in [1.165, 1.54) is 25.0 Å². The van der Waals surface area contributed by atoms with E-state index < -0.39 is 11.7 Å². The zero-order valence-corrected chi connectivity index (χ0v) is 22.4. The summed E-state index contributed by atoms with van der Waals surface area (Å²) in [4.78, 5) is 18.3. The first-order valence-electron chi connectivity index (χ1n) is 12.7. The predicted molar refractivity (Wildman–Crippen MR) is 142 cm³/mol. The van der Waals surface area contributed by atoms with Gasteiger partial charge in [-0.15, -0.1) is 0 Å². The summed E-state index contributed by atoms with van der Waals surface area (Å²) in [6.45, 7) is 5.52. The maximum absolute atomic E-state index is 13.4. The topological polar surface area (TPSA) is 62.1 Å². The van der Waals surface area contributed by atoms with Gasteiger partial charge < -0.3 is 19.7 Å². The maximum Gasteiger partial charge on any atom is 0.416 e. The van der Waals surface area contributed by atoms with Gasteiger partial charge >= 0.3 is 6.18 Å². The van der Waals surface area contributed by atoms with Gasteiger partial charge in [-0.3, -0.25) is 0 Å². The van der Waals surface area contributed by atoms with E-state index in [0.29, 0.717) is 11.3 Å². The highest BCUT2D eigenvalue weighted by molar-refractivity contribution is 9.10. The first kappa shape index (κ1) is 26.0. The number of piperidine rings is 1. The lowest BCUT2D eigenvalue weighted by Gasteiger charge is -2.33. The standard InChI is InChI=1S/C26H31BrF3N7/c1-31-23-22(27)25(33-17-32-23)36-11-7-18(8-12-36)24-34-21(16-37(24)14-13-35-9-2-3-10-35)19-5-4-6-20(15-19)26(28,29)30/h4-6,15-18H,2-3,7-14H2,1H3,(H,31,32,33). The molecule has 0 aliphatic carbocycles. The summed E-state index contributed by atoms with van der Waals surface area (Å²) in [5.74, 6) is 2.79. The fourth-order valence-electron chi connectivity index (χ4n) is 5.29. The molecule has 2 fully saturated rings. The number of nitrogens with one attached hydrogen (secondary N) is 1. The van der Waals surface area contributed by atoms with Gasteiger partial charge in [-0.2, -0.15) is 13.2 Å². The van der Waals surface area contributed by atoms with Crippen LogP contribution in [0.25, 0.3) is 11.3 Å². The van der Waals surface area contributed by atoms with Gasteiger partial charge in [0, 0.05) is 50.9 Å². The van der Waals surface area contributed by atoms with Gasteiger partial charge in [0.05, 0.1) is 11.3 Å². The maximum atomic E-state index is 13.4. The minimum atomic E-state index is -4.38. The molecule has 0 bridgehead atoms. The molecule has 3 aromatic rings. The van der Waals surface area contributed by atoms with Crippen LogP contribution in [0.4, 0.5) is 24.8 Å². The van der Waals surface area contributed by atoms with Crippen LogP contribution in [0.15, 0.2) is 41.3 Å². The molecule has 0 saturated carbocycles. The highest BCUT2D eigenvalue weighted by atomic mass is 79.9. The summed E-state index contributed by atoms with van der Waals surface area (Å²) in [5, 5.41) is 3.07. The molecular weight excluding hydrogens is 547 g/mol. The van der Waals surface area contributed by atoms with Crippen molar-refractivity contribution < 1.29 is 13.2 Å². The van der Waals surface area contributed by atoms with E-state index in [4.69, 9.17) is 4.98 Å². The van der Waals surface area contributed by atoms with E-state index in [-0.39, 0.29) is 5.92 Å². The monoisotopic (exact) mass is 577 g/mol. The number of likely N-dealkylation sites (tertiary alicyclic amines) is 1. The Labute approximate surface area is 223 Å². The van der Waals surface area contributed by atoms with Crippen molar-refractivity contribution in [2.24, 2.45) is 0 Å². The van der Waals surface area contributed by atoms with E-state index in [9.17, 15) is 13.2 Å². The van der Waals surface area contributed by atoms with Crippen LogP contribution in [0, 0.1) is 0 Å². The molecule has 2 aliphatic heterocycles. The SMILES string of the molecule is CNc1ncnc(N2CCC(c3nc(-c4cccc(C(F)(F)F)c4)cn3CCN3CCCC3)CC2)c1Br. The minimum absolute atomic E-state index is 0.221. The van der Waals surface area contributed by atoms with Crippen LogP contribution in [-0.4, -0.2) is 64.2 Å². The number of imidazole rings is 1. The van der Waals surface area contributed by atoms with Crippen LogP contribution < -0.4 is 10.2 Å². The molecule has 0 amide bonds. The van der Waals surface area contributed by atoms with Crippen LogP contribution in [0.5, 0.6) is 0 Å². The van der Waals surface area contributed by atoms with Crippen LogP contribution in [-0.2, 0) is 12.7 Å². The zero-order chi connectivity index (χ0) is 26.0. The van der Waals surface area contributed by atoms with E-state index >= 15 is 0 Å². The molecule has 1 N–H and O–H groups in total. The van der Waals surface area contributed by atoms with Crippen molar-refractivity contribution in [2.75, 3.05) is 50.0 Å². The summed E-state index contributed by atoms with van der Waals surface area (Å²) < 4.78 is 43.1. The van der Waals surface area contributed by atoms with Crippen molar-refractivity contribution in [3.63, 3.8) is 0 Å². The van der Waals surface area contributed by atoms with E-state index in [1.807, 2.05) is 13.2 Å². The largest absolute Gasteiger partial charge is 0.416 e. The average Bonchev–Trinajstić information content (AvgIpc) is 3.58. The second kappa shape index (κ2) is 11.0. The van der Waals surface area contributed by atoms with Gasteiger partial charge in [-0.25, -0.2) is 15.0 Å². The molecule has 2 saturated heterocycles. The van der Waals surface area contributed by atoms with E-state index in [0.717, 1.165) is 80.1 Å². The summed E-state index contributed by atoms with van der Waals surface area (Å²) in [5.41, 5.74) is 0.447. The van der Waals surface area contributed by atoms with Gasteiger partial charge in [-0.1, -0.05) is 12.1 Å². The number of nitrogens with zero attached hydrogens (tertiary/aromatic N) is 6. The van der Waals surface area contributed by atoms with Crippen molar-refractivity contribution >= 4 is 27.6 Å². The number of anilines is 2. The Balaban J connectivity index is 1.38. The molecular formula is C26H31BrF3N7. The molecule has 2 aliphatic rings. The fourth-order valence-corrected chi connectivity index (χ4v) is 5.94. The third kappa shape index (κ3) is 5.77. The minimum Gasteiger partial charge on any atom is -0.372 e. The molecule has 0 atom stereocenters. The molecule has 7 nitrogen and oxygen atoms in total. The normalized spacial score (nSPS) is 17.5. The zero-order valence-electron chi connectivity index (χ0n) is 20.8. The van der Waals surface area contributed by atoms with Gasteiger partial charge in [0.1, 0.15) is 28.3 Å². The lowest BCUT2D eigenvalue weighted by atomic mass is 9.96. The van der Waals surface area contributed by atoms with Crippen LogP contribution in [0.1, 0.15) is 43.0 Å². The average molecular weight is 578 g/mol. The molecule has 5 rings (SSSR count). The number of rotatable bonds is 7. The van der Waals surface area contributed by atoms with Crippen molar-refractivity contribution in [3.05, 3.63) is 52.7 Å². The Hall–Kier alpha value is -2.66. The number of benzene rings is 1. The van der Waals surface area contributed by atoms with E-state index in [2.05, 4.69) is 45.6 Å². The van der Waals surface area contributed by atoms with Crippen molar-refractivity contribution in [3.8, 4) is 11.3 Å². The summed E-state index contributed by atoms with van der Waals surface area (Å²) >= 11 is 3.62. The summed E-state index contributed by atoms with van der Waals surface area (Å²) in [6, 6.07) is 5.47. The number of halogens is 4. The van der Waals surface area contributed by atoms with Crippen LogP contribution in [0.2, 0.25) is 0 Å². The van der Waals surface area contributed by atoms with Gasteiger partial charge in [0.25, 0.3) is 0 Å². The number of hydrogen-bond acceptors (Lipinski definition) is 6. The molecule has 0 unspecified atom stereocenters. The quantitative estimate of drug-likeness (QED) is 0.392. The molecule has 1 aromatic carbocycles. The van der Waals surface area contributed by atoms with Crippen molar-refractivity contribution in [1.82, 2.24) is 24.4 Å². The lowest BCUT2D eigenvalue weighted by Crippen LogP contribution is -2.35. The fraction of sp³-hybridized carbons (Fsp3) is 0.500. The van der Waals surface area contributed by atoms with Crippen molar-refractivity contribution in [2.45, 2.75) is 44.3 Å². The second-order valence-corrected chi connectivity index (χ2v) is 10.5. The number of alkyl halides is 3. The molecule has 4 heterocycles. The highest BCUT2D eigenvalue weighted by Gasteiger charge is 2.31. The summed E-state index contributed by atoms with van der Waals surface area (Å²) in [6.07, 6.45) is 3.32. The number of aromatic nitrogens is 4. The Kier molecular flexibility index (Phi) is 7.71. The van der Waals surface area contributed by atoms with E-state index in [1.54, 1.807) is 12.4 Å². The predicted octanol–water partition coefficient (Wildman–Crippen LogP) is 5.64. The molecule has 0 radical (unpaired) electrons. The Morgan fingerprint density at radius 3 is 2.51 bits per heavy atom. The van der Waals surface area contributed by atoms with Crippen LogP contribution >= 0.6 is 15.9 Å². The first-order chi connectivity index (χ1) is 17.8. The molecule has 198 valence electrons. The second-order valence-electron chi connectivity index (χ2n) is 9.68. The Bertz CT molecular complexity index is 1220. The van der Waals surface area contributed by atoms with Crippen molar-refractivity contribution in [1.29, 1.82) is 0 Å². The van der Waals surface area contributed by atoms with Crippen LogP contribution in [0.3, 0.4) is 0 Å².